The van der Waals surface area contributed by atoms with Crippen molar-refractivity contribution in [3.05, 3.63) is 54.1 Å². The summed E-state index contributed by atoms with van der Waals surface area (Å²) in [6.07, 6.45) is 0.182. The summed E-state index contributed by atoms with van der Waals surface area (Å²) in [5.74, 6) is -0.203. The molecule has 1 heterocycles. The highest BCUT2D eigenvalue weighted by Gasteiger charge is 2.28. The van der Waals surface area contributed by atoms with Crippen molar-refractivity contribution in [2.24, 2.45) is 0 Å². The zero-order valence-electron chi connectivity index (χ0n) is 15.7. The number of thioether (sulfide) groups is 1. The summed E-state index contributed by atoms with van der Waals surface area (Å²) in [6, 6.07) is 16.0. The molecule has 2 aromatic carbocycles. The van der Waals surface area contributed by atoms with Crippen molar-refractivity contribution in [1.29, 1.82) is 0 Å². The van der Waals surface area contributed by atoms with Crippen molar-refractivity contribution >= 4 is 35.0 Å². The molecule has 5 nitrogen and oxygen atoms in total. The minimum absolute atomic E-state index is 0.0951. The van der Waals surface area contributed by atoms with Crippen LogP contribution in [0.5, 0.6) is 0 Å². The summed E-state index contributed by atoms with van der Waals surface area (Å²) < 4.78 is 0. The number of fused-ring (bicyclic) bond motifs is 1. The van der Waals surface area contributed by atoms with Gasteiger partial charge in [-0.05, 0) is 43.7 Å². The number of benzene rings is 2. The van der Waals surface area contributed by atoms with Gasteiger partial charge in [0.25, 0.3) is 0 Å². The number of para-hydroxylation sites is 1. The standard InChI is InChI=1S/C21H25N3O2S/c1-3-24(16-8-6-7-15(2)13-16)12-11-22-20(25)14-19-21(26)23-17-9-4-5-10-18(17)27-19/h4-10,13,19H,3,11-12,14H2,1-2H3,(H,22,25)(H,23,26). The van der Waals surface area contributed by atoms with Gasteiger partial charge in [0.05, 0.1) is 10.9 Å². The van der Waals surface area contributed by atoms with Gasteiger partial charge in [0.2, 0.25) is 11.8 Å². The third kappa shape index (κ3) is 5.04. The Bertz CT molecular complexity index is 825. The topological polar surface area (TPSA) is 61.4 Å². The number of nitrogens with one attached hydrogen (secondary N) is 2. The number of carbonyl (C=O) groups is 2. The van der Waals surface area contributed by atoms with Crippen LogP contribution in [0.1, 0.15) is 18.9 Å². The molecule has 2 N–H and O–H groups in total. The summed E-state index contributed by atoms with van der Waals surface area (Å²) in [4.78, 5) is 27.8. The summed E-state index contributed by atoms with van der Waals surface area (Å²) in [5.41, 5.74) is 3.20. The molecule has 1 atom stereocenters. The number of nitrogens with zero attached hydrogens (tertiary/aromatic N) is 1. The van der Waals surface area contributed by atoms with E-state index in [-0.39, 0.29) is 23.5 Å². The molecule has 2 aromatic rings. The maximum Gasteiger partial charge on any atom is 0.238 e. The fourth-order valence-electron chi connectivity index (χ4n) is 3.09. The highest BCUT2D eigenvalue weighted by Crippen LogP contribution is 2.36. The zero-order valence-corrected chi connectivity index (χ0v) is 16.5. The van der Waals surface area contributed by atoms with Crippen molar-refractivity contribution in [2.75, 3.05) is 29.9 Å². The van der Waals surface area contributed by atoms with E-state index < -0.39 is 0 Å². The molecule has 1 aliphatic heterocycles. The lowest BCUT2D eigenvalue weighted by Gasteiger charge is -2.25. The largest absolute Gasteiger partial charge is 0.370 e. The van der Waals surface area contributed by atoms with E-state index >= 15 is 0 Å². The van der Waals surface area contributed by atoms with Crippen LogP contribution in [0.2, 0.25) is 0 Å². The molecule has 0 aromatic heterocycles. The Morgan fingerprint density at radius 2 is 2.04 bits per heavy atom. The van der Waals surface area contributed by atoms with E-state index in [0.29, 0.717) is 6.54 Å². The van der Waals surface area contributed by atoms with Crippen molar-refractivity contribution in [3.63, 3.8) is 0 Å². The monoisotopic (exact) mass is 383 g/mol. The Morgan fingerprint density at radius 3 is 2.81 bits per heavy atom. The Morgan fingerprint density at radius 1 is 1.22 bits per heavy atom. The van der Waals surface area contributed by atoms with Crippen molar-refractivity contribution in [1.82, 2.24) is 5.32 Å². The van der Waals surface area contributed by atoms with E-state index in [2.05, 4.69) is 47.6 Å². The molecule has 2 amide bonds. The average molecular weight is 384 g/mol. The predicted octanol–water partition coefficient (Wildman–Crippen LogP) is 3.44. The molecule has 0 saturated carbocycles. The maximum atomic E-state index is 12.3. The van der Waals surface area contributed by atoms with Crippen LogP contribution in [-0.4, -0.2) is 36.7 Å². The highest BCUT2D eigenvalue weighted by atomic mass is 32.2. The number of hydrogen-bond acceptors (Lipinski definition) is 4. The van der Waals surface area contributed by atoms with E-state index in [9.17, 15) is 9.59 Å². The van der Waals surface area contributed by atoms with Gasteiger partial charge in [-0.25, -0.2) is 0 Å². The van der Waals surface area contributed by atoms with Gasteiger partial charge < -0.3 is 15.5 Å². The fraction of sp³-hybridized carbons (Fsp3) is 0.333. The van der Waals surface area contributed by atoms with Crippen LogP contribution < -0.4 is 15.5 Å². The lowest BCUT2D eigenvalue weighted by atomic mass is 10.2. The van der Waals surface area contributed by atoms with Gasteiger partial charge in [0, 0.05) is 36.6 Å². The smallest absolute Gasteiger partial charge is 0.238 e. The van der Waals surface area contributed by atoms with E-state index in [0.717, 1.165) is 29.4 Å². The lowest BCUT2D eigenvalue weighted by molar-refractivity contribution is -0.124. The minimum Gasteiger partial charge on any atom is -0.370 e. The third-order valence-electron chi connectivity index (χ3n) is 4.53. The molecule has 1 unspecified atom stereocenters. The average Bonchev–Trinajstić information content (AvgIpc) is 2.66. The van der Waals surface area contributed by atoms with Gasteiger partial charge in [-0.1, -0.05) is 24.3 Å². The predicted molar refractivity (Wildman–Crippen MR) is 111 cm³/mol. The minimum atomic E-state index is -0.390. The van der Waals surface area contributed by atoms with Crippen molar-refractivity contribution in [2.45, 2.75) is 30.4 Å². The summed E-state index contributed by atoms with van der Waals surface area (Å²) in [7, 11) is 0. The molecule has 0 aliphatic carbocycles. The molecular formula is C21H25N3O2S. The van der Waals surface area contributed by atoms with E-state index in [4.69, 9.17) is 0 Å². The van der Waals surface area contributed by atoms with Gasteiger partial charge >= 0.3 is 0 Å². The van der Waals surface area contributed by atoms with Crippen LogP contribution in [-0.2, 0) is 9.59 Å². The molecule has 3 rings (SSSR count). The molecular weight excluding hydrogens is 358 g/mol. The van der Waals surface area contributed by atoms with E-state index in [1.54, 1.807) is 0 Å². The number of aryl methyl sites for hydroxylation is 1. The fourth-order valence-corrected chi connectivity index (χ4v) is 4.20. The number of likely N-dealkylation sites (N-methyl/N-ethyl adjacent to an activating group) is 1. The van der Waals surface area contributed by atoms with E-state index in [1.165, 1.54) is 17.3 Å². The van der Waals surface area contributed by atoms with Crippen molar-refractivity contribution in [3.8, 4) is 0 Å². The second-order valence-electron chi connectivity index (χ2n) is 6.56. The van der Waals surface area contributed by atoms with Gasteiger partial charge in [-0.3, -0.25) is 9.59 Å². The molecule has 0 radical (unpaired) electrons. The van der Waals surface area contributed by atoms with Crippen LogP contribution in [0.15, 0.2) is 53.4 Å². The second-order valence-corrected chi connectivity index (χ2v) is 7.81. The first-order valence-corrected chi connectivity index (χ1v) is 10.1. The van der Waals surface area contributed by atoms with Gasteiger partial charge in [-0.15, -0.1) is 11.8 Å². The maximum absolute atomic E-state index is 12.3. The number of hydrogen-bond donors (Lipinski definition) is 2. The molecule has 0 bridgehead atoms. The molecule has 0 spiro atoms. The molecule has 27 heavy (non-hydrogen) atoms. The SMILES string of the molecule is CCN(CCNC(=O)CC1Sc2ccccc2NC1=O)c1cccc(C)c1. The molecule has 0 saturated heterocycles. The first-order chi connectivity index (χ1) is 13.1. The number of amides is 2. The van der Waals surface area contributed by atoms with Crippen LogP contribution in [0.3, 0.4) is 0 Å². The lowest BCUT2D eigenvalue weighted by Crippen LogP contribution is -2.38. The van der Waals surface area contributed by atoms with Crippen LogP contribution in [0.25, 0.3) is 0 Å². The highest BCUT2D eigenvalue weighted by molar-refractivity contribution is 8.01. The van der Waals surface area contributed by atoms with Gasteiger partial charge in [-0.2, -0.15) is 0 Å². The first kappa shape index (κ1) is 19.3. The Kier molecular flexibility index (Phi) is 6.40. The van der Waals surface area contributed by atoms with E-state index in [1.807, 2.05) is 30.3 Å². The molecule has 6 heteroatoms. The summed E-state index contributed by atoms with van der Waals surface area (Å²) >= 11 is 1.45. The van der Waals surface area contributed by atoms with Crippen LogP contribution in [0.4, 0.5) is 11.4 Å². The first-order valence-electron chi connectivity index (χ1n) is 9.21. The third-order valence-corrected chi connectivity index (χ3v) is 5.80. The Hall–Kier alpha value is -2.47. The summed E-state index contributed by atoms with van der Waals surface area (Å²) in [5, 5.41) is 5.44. The molecule has 0 fully saturated rings. The number of rotatable bonds is 7. The normalized spacial score (nSPS) is 15.6. The zero-order chi connectivity index (χ0) is 19.2. The number of carbonyl (C=O) groups excluding carboxylic acids is 2. The Balaban J connectivity index is 1.49. The second kappa shape index (κ2) is 8.95. The molecule has 1 aliphatic rings. The van der Waals surface area contributed by atoms with Crippen LogP contribution in [0, 0.1) is 6.92 Å². The Labute approximate surface area is 164 Å². The van der Waals surface area contributed by atoms with Gasteiger partial charge in [0.1, 0.15) is 0 Å². The van der Waals surface area contributed by atoms with Crippen LogP contribution >= 0.6 is 11.8 Å². The number of anilines is 2. The molecule has 142 valence electrons. The van der Waals surface area contributed by atoms with Crippen molar-refractivity contribution < 1.29 is 9.59 Å². The quantitative estimate of drug-likeness (QED) is 0.769. The summed E-state index contributed by atoms with van der Waals surface area (Å²) in [6.45, 7) is 6.33. The van der Waals surface area contributed by atoms with Gasteiger partial charge in [0.15, 0.2) is 0 Å².